The van der Waals surface area contributed by atoms with Crippen LogP contribution in [0.15, 0.2) is 18.2 Å². The molecule has 0 spiro atoms. The van der Waals surface area contributed by atoms with Crippen molar-refractivity contribution in [2.75, 3.05) is 0 Å². The van der Waals surface area contributed by atoms with Crippen LogP contribution in [0.1, 0.15) is 36.0 Å². The van der Waals surface area contributed by atoms with Gasteiger partial charge in [-0.15, -0.1) is 0 Å². The molecule has 6 nitrogen and oxygen atoms in total. The molecule has 1 amide bonds. The summed E-state index contributed by atoms with van der Waals surface area (Å²) in [5.74, 6) is -1.43. The zero-order valence-corrected chi connectivity index (χ0v) is 10.7. The number of hydrogen-bond donors (Lipinski definition) is 2. The Balaban J connectivity index is 2.06. The van der Waals surface area contributed by atoms with Gasteiger partial charge in [0, 0.05) is 17.7 Å². The van der Waals surface area contributed by atoms with E-state index in [0.717, 1.165) is 12.1 Å². The van der Waals surface area contributed by atoms with Crippen molar-refractivity contribution in [1.82, 2.24) is 5.32 Å². The topological polar surface area (TPSA) is 92.5 Å². The van der Waals surface area contributed by atoms with E-state index in [-0.39, 0.29) is 17.7 Å². The van der Waals surface area contributed by atoms with E-state index in [1.165, 1.54) is 6.07 Å². The molecule has 1 fully saturated rings. The monoisotopic (exact) mass is 282 g/mol. The lowest BCUT2D eigenvalue weighted by Crippen LogP contribution is -2.38. The van der Waals surface area contributed by atoms with Gasteiger partial charge in [-0.05, 0) is 37.8 Å². The van der Waals surface area contributed by atoms with Crippen LogP contribution >= 0.6 is 0 Å². The molecule has 108 valence electrons. The van der Waals surface area contributed by atoms with Gasteiger partial charge in [0.05, 0.1) is 11.0 Å². The van der Waals surface area contributed by atoms with Crippen LogP contribution in [0.3, 0.4) is 0 Å². The Morgan fingerprint density at radius 3 is 2.60 bits per heavy atom. The number of amides is 1. The van der Waals surface area contributed by atoms with Gasteiger partial charge in [0.25, 0.3) is 5.91 Å². The molecule has 2 N–H and O–H groups in total. The minimum atomic E-state index is -0.965. The van der Waals surface area contributed by atoms with Crippen LogP contribution in [0.4, 0.5) is 10.1 Å². The molecule has 0 saturated heterocycles. The van der Waals surface area contributed by atoms with Crippen molar-refractivity contribution in [2.45, 2.75) is 37.8 Å². The smallest absolute Gasteiger partial charge is 0.305 e. The Morgan fingerprint density at radius 1 is 1.35 bits per heavy atom. The molecule has 1 aromatic carbocycles. The van der Waals surface area contributed by atoms with E-state index in [2.05, 4.69) is 5.32 Å². The molecule has 2 rings (SSSR count). The van der Waals surface area contributed by atoms with Crippen LogP contribution in [0.25, 0.3) is 0 Å². The maximum absolute atomic E-state index is 13.2. The maximum atomic E-state index is 13.2. The highest BCUT2D eigenvalue weighted by molar-refractivity contribution is 5.95. The van der Waals surface area contributed by atoms with Crippen molar-refractivity contribution in [3.8, 4) is 0 Å². The molecular formula is C13H15FN2O4. The molecule has 0 atom stereocenters. The van der Waals surface area contributed by atoms with E-state index in [4.69, 9.17) is 0 Å². The summed E-state index contributed by atoms with van der Waals surface area (Å²) in [5.41, 5.74) is -0.652. The van der Waals surface area contributed by atoms with Crippen molar-refractivity contribution in [3.63, 3.8) is 0 Å². The number of benzene rings is 1. The highest BCUT2D eigenvalue weighted by atomic mass is 19.1. The third kappa shape index (κ3) is 3.30. The minimum absolute atomic E-state index is 0.0595. The van der Waals surface area contributed by atoms with Gasteiger partial charge in [-0.1, -0.05) is 0 Å². The van der Waals surface area contributed by atoms with E-state index in [1.807, 2.05) is 0 Å². The van der Waals surface area contributed by atoms with Gasteiger partial charge in [0.2, 0.25) is 5.82 Å². The summed E-state index contributed by atoms with van der Waals surface area (Å²) in [5, 5.41) is 22.8. The zero-order valence-electron chi connectivity index (χ0n) is 10.7. The van der Waals surface area contributed by atoms with E-state index in [1.54, 1.807) is 0 Å². The van der Waals surface area contributed by atoms with Crippen LogP contribution in [-0.4, -0.2) is 28.1 Å². The zero-order chi connectivity index (χ0) is 14.7. The Bertz CT molecular complexity index is 527. The first-order chi connectivity index (χ1) is 9.47. The molecule has 0 radical (unpaired) electrons. The summed E-state index contributed by atoms with van der Waals surface area (Å²) in [7, 11) is 0. The van der Waals surface area contributed by atoms with Crippen LogP contribution in [0, 0.1) is 15.9 Å². The molecule has 0 unspecified atom stereocenters. The molecular weight excluding hydrogens is 267 g/mol. The number of aliphatic hydroxyl groups excluding tert-OH is 1. The number of nitrogens with zero attached hydrogens (tertiary/aromatic N) is 1. The molecule has 0 aliphatic heterocycles. The SMILES string of the molecule is O=C(NC1CCC(O)CC1)c1ccc(F)c([N+](=O)[O-])c1. The molecule has 0 bridgehead atoms. The van der Waals surface area contributed by atoms with Gasteiger partial charge in [-0.2, -0.15) is 4.39 Å². The van der Waals surface area contributed by atoms with Gasteiger partial charge < -0.3 is 10.4 Å². The number of nitro groups is 1. The molecule has 0 aromatic heterocycles. The van der Waals surface area contributed by atoms with Gasteiger partial charge >= 0.3 is 5.69 Å². The average molecular weight is 282 g/mol. The number of carbonyl (C=O) groups is 1. The number of aliphatic hydroxyl groups is 1. The Labute approximate surface area is 114 Å². The normalized spacial score (nSPS) is 22.3. The highest BCUT2D eigenvalue weighted by Crippen LogP contribution is 2.21. The van der Waals surface area contributed by atoms with Crippen LogP contribution in [0.2, 0.25) is 0 Å². The van der Waals surface area contributed by atoms with E-state index in [9.17, 15) is 24.4 Å². The first-order valence-electron chi connectivity index (χ1n) is 6.40. The lowest BCUT2D eigenvalue weighted by atomic mass is 9.93. The second-order valence-corrected chi connectivity index (χ2v) is 4.90. The van der Waals surface area contributed by atoms with Gasteiger partial charge in [0.1, 0.15) is 0 Å². The summed E-state index contributed by atoms with van der Waals surface area (Å²) in [6.45, 7) is 0. The number of nitro benzene ring substituents is 1. The van der Waals surface area contributed by atoms with Crippen LogP contribution in [-0.2, 0) is 0 Å². The molecule has 1 aliphatic carbocycles. The fourth-order valence-corrected chi connectivity index (χ4v) is 2.28. The summed E-state index contributed by atoms with van der Waals surface area (Å²) in [4.78, 5) is 21.7. The molecule has 1 aromatic rings. The summed E-state index contributed by atoms with van der Waals surface area (Å²) >= 11 is 0. The lowest BCUT2D eigenvalue weighted by molar-refractivity contribution is -0.387. The third-order valence-corrected chi connectivity index (χ3v) is 3.44. The van der Waals surface area contributed by atoms with E-state index >= 15 is 0 Å². The van der Waals surface area contributed by atoms with Crippen molar-refractivity contribution in [3.05, 3.63) is 39.7 Å². The summed E-state index contributed by atoms with van der Waals surface area (Å²) < 4.78 is 13.2. The summed E-state index contributed by atoms with van der Waals surface area (Å²) in [6, 6.07) is 3.00. The molecule has 1 saturated carbocycles. The number of halogens is 1. The fraction of sp³-hybridized carbons (Fsp3) is 0.462. The van der Waals surface area contributed by atoms with Gasteiger partial charge in [-0.3, -0.25) is 14.9 Å². The summed E-state index contributed by atoms with van der Waals surface area (Å²) in [6.07, 6.45) is 2.24. The Hall–Kier alpha value is -2.02. The molecule has 0 heterocycles. The largest absolute Gasteiger partial charge is 0.393 e. The van der Waals surface area contributed by atoms with E-state index in [0.29, 0.717) is 25.7 Å². The quantitative estimate of drug-likeness (QED) is 0.652. The second-order valence-electron chi connectivity index (χ2n) is 4.90. The predicted molar refractivity (Wildman–Crippen MR) is 68.8 cm³/mol. The van der Waals surface area contributed by atoms with Crippen molar-refractivity contribution in [1.29, 1.82) is 0 Å². The Kier molecular flexibility index (Phi) is 4.29. The predicted octanol–water partition coefficient (Wildman–Crippen LogP) is 1.77. The maximum Gasteiger partial charge on any atom is 0.305 e. The van der Waals surface area contributed by atoms with Gasteiger partial charge in [-0.25, -0.2) is 0 Å². The number of rotatable bonds is 3. The van der Waals surface area contributed by atoms with Crippen molar-refractivity contribution < 1.29 is 19.2 Å². The number of hydrogen-bond acceptors (Lipinski definition) is 4. The Morgan fingerprint density at radius 2 is 2.00 bits per heavy atom. The number of nitrogens with one attached hydrogen (secondary N) is 1. The van der Waals surface area contributed by atoms with Crippen molar-refractivity contribution in [2.24, 2.45) is 0 Å². The molecule has 20 heavy (non-hydrogen) atoms. The highest BCUT2D eigenvalue weighted by Gasteiger charge is 2.23. The van der Waals surface area contributed by atoms with Crippen LogP contribution in [0.5, 0.6) is 0 Å². The number of carbonyl (C=O) groups excluding carboxylic acids is 1. The van der Waals surface area contributed by atoms with E-state index < -0.39 is 22.3 Å². The molecule has 1 aliphatic rings. The van der Waals surface area contributed by atoms with Gasteiger partial charge in [0.15, 0.2) is 0 Å². The standard InChI is InChI=1S/C13H15FN2O4/c14-11-6-1-8(7-12(11)16(19)20)13(18)15-9-2-4-10(17)5-3-9/h1,6-7,9-10,17H,2-5H2,(H,15,18). The first kappa shape index (κ1) is 14.4. The molecule has 7 heteroatoms. The fourth-order valence-electron chi connectivity index (χ4n) is 2.28. The van der Waals surface area contributed by atoms with Crippen molar-refractivity contribution >= 4 is 11.6 Å². The third-order valence-electron chi connectivity index (χ3n) is 3.44. The minimum Gasteiger partial charge on any atom is -0.393 e. The first-order valence-corrected chi connectivity index (χ1v) is 6.40. The average Bonchev–Trinajstić information content (AvgIpc) is 2.41. The lowest BCUT2D eigenvalue weighted by Gasteiger charge is -2.26. The van der Waals surface area contributed by atoms with Crippen LogP contribution < -0.4 is 5.32 Å². The second kappa shape index (κ2) is 5.96.